The third-order valence-corrected chi connectivity index (χ3v) is 4.18. The summed E-state index contributed by atoms with van der Waals surface area (Å²) in [6.45, 7) is 5.47. The number of benzene rings is 1. The summed E-state index contributed by atoms with van der Waals surface area (Å²) in [4.78, 5) is 2.57. The lowest BCUT2D eigenvalue weighted by molar-refractivity contribution is 0.272. The normalized spacial score (nSPS) is 16.3. The van der Waals surface area contributed by atoms with Crippen molar-refractivity contribution in [2.45, 2.75) is 31.8 Å². The summed E-state index contributed by atoms with van der Waals surface area (Å²) < 4.78 is 5.62. The second-order valence-electron chi connectivity index (χ2n) is 5.67. The van der Waals surface area contributed by atoms with Gasteiger partial charge in [0.05, 0.1) is 12.3 Å². The number of hydrogen-bond donors (Lipinski definition) is 1. The van der Waals surface area contributed by atoms with Crippen molar-refractivity contribution in [2.75, 3.05) is 19.6 Å². The molecule has 112 valence electrons. The average molecular weight is 284 g/mol. The average Bonchev–Trinajstić information content (AvgIpc) is 3.23. The first-order chi connectivity index (χ1) is 10.4. The van der Waals surface area contributed by atoms with E-state index in [0.29, 0.717) is 0 Å². The molecule has 1 N–H and O–H groups in total. The molecule has 2 aromatic rings. The largest absolute Gasteiger partial charge is 0.467 e. The molecular weight excluding hydrogens is 260 g/mol. The van der Waals surface area contributed by atoms with Gasteiger partial charge in [-0.15, -0.1) is 0 Å². The van der Waals surface area contributed by atoms with Gasteiger partial charge in [-0.05, 0) is 37.1 Å². The van der Waals surface area contributed by atoms with Gasteiger partial charge in [0.1, 0.15) is 5.76 Å². The van der Waals surface area contributed by atoms with Crippen LogP contribution in [-0.4, -0.2) is 30.6 Å². The van der Waals surface area contributed by atoms with Crippen molar-refractivity contribution >= 4 is 0 Å². The Hall–Kier alpha value is -1.58. The molecule has 0 saturated heterocycles. The van der Waals surface area contributed by atoms with Gasteiger partial charge in [0.2, 0.25) is 0 Å². The van der Waals surface area contributed by atoms with E-state index in [2.05, 4.69) is 47.5 Å². The lowest BCUT2D eigenvalue weighted by atomic mass is 10.0. The molecular formula is C18H24N2O. The highest BCUT2D eigenvalue weighted by atomic mass is 16.3. The molecule has 0 amide bonds. The Labute approximate surface area is 127 Å². The maximum atomic E-state index is 5.62. The fourth-order valence-corrected chi connectivity index (χ4v) is 2.87. The summed E-state index contributed by atoms with van der Waals surface area (Å²) in [5, 5.41) is 3.65. The smallest absolute Gasteiger partial charge is 0.125 e. The van der Waals surface area contributed by atoms with Gasteiger partial charge in [0.25, 0.3) is 0 Å². The monoisotopic (exact) mass is 284 g/mol. The molecule has 3 rings (SSSR count). The van der Waals surface area contributed by atoms with Crippen molar-refractivity contribution in [1.29, 1.82) is 0 Å². The lowest BCUT2D eigenvalue weighted by Crippen LogP contribution is -2.35. The fraction of sp³-hybridized carbons (Fsp3) is 0.444. The number of nitrogens with zero attached hydrogens (tertiary/aromatic N) is 1. The molecule has 1 heterocycles. The van der Waals surface area contributed by atoms with E-state index in [1.54, 1.807) is 6.26 Å². The molecule has 3 heteroatoms. The van der Waals surface area contributed by atoms with Crippen LogP contribution < -0.4 is 5.32 Å². The topological polar surface area (TPSA) is 28.4 Å². The van der Waals surface area contributed by atoms with Crippen molar-refractivity contribution in [3.05, 3.63) is 60.1 Å². The zero-order valence-corrected chi connectivity index (χ0v) is 12.7. The van der Waals surface area contributed by atoms with Gasteiger partial charge in [-0.1, -0.05) is 37.3 Å². The molecule has 0 bridgehead atoms. The van der Waals surface area contributed by atoms with Gasteiger partial charge in [0, 0.05) is 19.1 Å². The van der Waals surface area contributed by atoms with Crippen molar-refractivity contribution in [3.63, 3.8) is 0 Å². The maximum absolute atomic E-state index is 5.62. The highest BCUT2D eigenvalue weighted by Crippen LogP contribution is 2.26. The van der Waals surface area contributed by atoms with E-state index in [1.165, 1.54) is 18.4 Å². The first kappa shape index (κ1) is 14.4. The molecule has 0 spiro atoms. The van der Waals surface area contributed by atoms with Crippen LogP contribution in [-0.2, 0) is 0 Å². The van der Waals surface area contributed by atoms with Gasteiger partial charge in [-0.3, -0.25) is 4.90 Å². The Bertz CT molecular complexity index is 519. The van der Waals surface area contributed by atoms with Gasteiger partial charge in [-0.2, -0.15) is 0 Å². The van der Waals surface area contributed by atoms with Crippen molar-refractivity contribution < 1.29 is 4.42 Å². The first-order valence-electron chi connectivity index (χ1n) is 7.94. The first-order valence-corrected chi connectivity index (χ1v) is 7.94. The molecule has 1 atom stereocenters. The van der Waals surface area contributed by atoms with Crippen LogP contribution >= 0.6 is 0 Å². The Balaban J connectivity index is 1.63. The molecule has 1 saturated carbocycles. The number of nitrogens with one attached hydrogen (secondary N) is 1. The van der Waals surface area contributed by atoms with Crippen molar-refractivity contribution in [2.24, 2.45) is 0 Å². The van der Waals surface area contributed by atoms with Crippen LogP contribution in [0.5, 0.6) is 0 Å². The van der Waals surface area contributed by atoms with E-state index in [9.17, 15) is 0 Å². The van der Waals surface area contributed by atoms with Crippen LogP contribution in [0.15, 0.2) is 53.1 Å². The summed E-state index contributed by atoms with van der Waals surface area (Å²) in [6, 6.07) is 15.5. The van der Waals surface area contributed by atoms with E-state index in [1.807, 2.05) is 12.1 Å². The van der Waals surface area contributed by atoms with Gasteiger partial charge >= 0.3 is 0 Å². The molecule has 0 radical (unpaired) electrons. The second kappa shape index (κ2) is 6.92. The van der Waals surface area contributed by atoms with Crippen LogP contribution in [0.4, 0.5) is 0 Å². The molecule has 1 aliphatic carbocycles. The summed E-state index contributed by atoms with van der Waals surface area (Å²) in [6.07, 6.45) is 4.48. The Kier molecular flexibility index (Phi) is 4.73. The zero-order chi connectivity index (χ0) is 14.5. The van der Waals surface area contributed by atoms with Crippen LogP contribution in [0.25, 0.3) is 0 Å². The van der Waals surface area contributed by atoms with Gasteiger partial charge in [-0.25, -0.2) is 0 Å². The third-order valence-electron chi connectivity index (χ3n) is 4.18. The second-order valence-corrected chi connectivity index (χ2v) is 5.67. The standard InChI is InChI=1S/C18H24N2O/c1-2-20(16-10-11-16)13-12-19-18(17-9-6-14-21-17)15-7-4-3-5-8-15/h3-9,14,16,18-19H,2,10-13H2,1H3. The quantitative estimate of drug-likeness (QED) is 0.805. The number of furan rings is 1. The third kappa shape index (κ3) is 3.74. The van der Waals surface area contributed by atoms with Gasteiger partial charge < -0.3 is 9.73 Å². The Morgan fingerprint density at radius 1 is 1.19 bits per heavy atom. The molecule has 1 aromatic heterocycles. The number of hydrogen-bond acceptors (Lipinski definition) is 3. The van der Waals surface area contributed by atoms with Gasteiger partial charge in [0.15, 0.2) is 0 Å². The van der Waals surface area contributed by atoms with Crippen LogP contribution in [0.2, 0.25) is 0 Å². The molecule has 1 aliphatic rings. The molecule has 1 aromatic carbocycles. The van der Waals surface area contributed by atoms with E-state index >= 15 is 0 Å². The molecule has 1 unspecified atom stereocenters. The summed E-state index contributed by atoms with van der Waals surface area (Å²) in [5.41, 5.74) is 1.25. The lowest BCUT2D eigenvalue weighted by Gasteiger charge is -2.22. The van der Waals surface area contributed by atoms with E-state index in [4.69, 9.17) is 4.42 Å². The SMILES string of the molecule is CCN(CCNC(c1ccccc1)c1ccco1)C1CC1. The van der Waals surface area contributed by atoms with Crippen molar-refractivity contribution in [1.82, 2.24) is 10.2 Å². The molecule has 21 heavy (non-hydrogen) atoms. The number of rotatable bonds is 8. The van der Waals surface area contributed by atoms with Crippen LogP contribution in [0.3, 0.4) is 0 Å². The Morgan fingerprint density at radius 2 is 2.00 bits per heavy atom. The highest BCUT2D eigenvalue weighted by molar-refractivity contribution is 5.26. The Morgan fingerprint density at radius 3 is 2.62 bits per heavy atom. The molecule has 3 nitrogen and oxygen atoms in total. The minimum Gasteiger partial charge on any atom is -0.467 e. The molecule has 1 fully saturated rings. The maximum Gasteiger partial charge on any atom is 0.125 e. The zero-order valence-electron chi connectivity index (χ0n) is 12.7. The summed E-state index contributed by atoms with van der Waals surface area (Å²) in [7, 11) is 0. The fourth-order valence-electron chi connectivity index (χ4n) is 2.87. The van der Waals surface area contributed by atoms with E-state index < -0.39 is 0 Å². The summed E-state index contributed by atoms with van der Waals surface area (Å²) >= 11 is 0. The van der Waals surface area contributed by atoms with Crippen LogP contribution in [0.1, 0.15) is 37.1 Å². The predicted molar refractivity (Wildman–Crippen MR) is 85.3 cm³/mol. The summed E-state index contributed by atoms with van der Waals surface area (Å²) in [5.74, 6) is 0.982. The minimum absolute atomic E-state index is 0.138. The van der Waals surface area contributed by atoms with Crippen molar-refractivity contribution in [3.8, 4) is 0 Å². The van der Waals surface area contributed by atoms with E-state index in [0.717, 1.165) is 31.4 Å². The van der Waals surface area contributed by atoms with E-state index in [-0.39, 0.29) is 6.04 Å². The number of likely N-dealkylation sites (N-methyl/N-ethyl adjacent to an activating group) is 1. The molecule has 0 aliphatic heterocycles. The van der Waals surface area contributed by atoms with Crippen LogP contribution in [0, 0.1) is 0 Å². The highest BCUT2D eigenvalue weighted by Gasteiger charge is 2.27. The minimum atomic E-state index is 0.138. The predicted octanol–water partition coefficient (Wildman–Crippen LogP) is 3.44.